The van der Waals surface area contributed by atoms with E-state index < -0.39 is 11.7 Å². The lowest BCUT2D eigenvalue weighted by atomic mass is 10.0. The van der Waals surface area contributed by atoms with Crippen LogP contribution in [0.25, 0.3) is 21.9 Å². The first kappa shape index (κ1) is 16.0. The second-order valence-electron chi connectivity index (χ2n) is 6.61. The third-order valence-electron chi connectivity index (χ3n) is 3.51. The molecular formula is C20H20N2O2. The Labute approximate surface area is 141 Å². The highest BCUT2D eigenvalue weighted by molar-refractivity contribution is 5.96. The van der Waals surface area contributed by atoms with Crippen molar-refractivity contribution in [2.75, 3.05) is 5.32 Å². The largest absolute Gasteiger partial charge is 0.444 e. The number of aromatic nitrogens is 1. The number of rotatable bonds is 2. The molecule has 0 atom stereocenters. The average molecular weight is 320 g/mol. The van der Waals surface area contributed by atoms with Gasteiger partial charge in [-0.15, -0.1) is 0 Å². The van der Waals surface area contributed by atoms with Gasteiger partial charge in [-0.25, -0.2) is 4.79 Å². The van der Waals surface area contributed by atoms with Gasteiger partial charge in [0.2, 0.25) is 0 Å². The van der Waals surface area contributed by atoms with Gasteiger partial charge in [-0.05, 0) is 43.9 Å². The summed E-state index contributed by atoms with van der Waals surface area (Å²) >= 11 is 0. The van der Waals surface area contributed by atoms with Crippen LogP contribution < -0.4 is 5.32 Å². The molecule has 1 amide bonds. The van der Waals surface area contributed by atoms with Gasteiger partial charge in [-0.2, -0.15) is 0 Å². The molecule has 0 saturated carbocycles. The number of hydrogen-bond donors (Lipinski definition) is 1. The van der Waals surface area contributed by atoms with Crippen molar-refractivity contribution in [2.24, 2.45) is 0 Å². The number of hydrogen-bond acceptors (Lipinski definition) is 3. The van der Waals surface area contributed by atoms with E-state index in [0.29, 0.717) is 5.69 Å². The number of pyridine rings is 1. The zero-order chi connectivity index (χ0) is 17.2. The summed E-state index contributed by atoms with van der Waals surface area (Å²) in [7, 11) is 0. The SMILES string of the molecule is CC(C)(C)OC(=O)Nc1ccc(-c2cncc3ccccc23)cc1. The summed E-state index contributed by atoms with van der Waals surface area (Å²) in [5.41, 5.74) is 2.30. The van der Waals surface area contributed by atoms with Crippen molar-refractivity contribution in [3.8, 4) is 11.1 Å². The lowest BCUT2D eigenvalue weighted by Crippen LogP contribution is -2.27. The molecule has 3 aromatic rings. The number of benzene rings is 2. The van der Waals surface area contributed by atoms with E-state index in [1.54, 1.807) is 0 Å². The minimum atomic E-state index is -0.515. The molecule has 1 N–H and O–H groups in total. The normalized spacial score (nSPS) is 11.3. The second kappa shape index (κ2) is 6.32. The number of fused-ring (bicyclic) bond motifs is 1. The van der Waals surface area contributed by atoms with E-state index in [-0.39, 0.29) is 0 Å². The first-order valence-electron chi connectivity index (χ1n) is 7.85. The number of amides is 1. The third kappa shape index (κ3) is 3.71. The minimum absolute atomic E-state index is 0.456. The van der Waals surface area contributed by atoms with E-state index >= 15 is 0 Å². The van der Waals surface area contributed by atoms with Crippen LogP contribution in [0, 0.1) is 0 Å². The molecule has 0 aliphatic rings. The van der Waals surface area contributed by atoms with Crippen molar-refractivity contribution in [3.05, 3.63) is 60.9 Å². The van der Waals surface area contributed by atoms with Crippen LogP contribution in [0.15, 0.2) is 60.9 Å². The molecule has 0 radical (unpaired) electrons. The molecule has 4 nitrogen and oxygen atoms in total. The Balaban J connectivity index is 1.83. The van der Waals surface area contributed by atoms with E-state index in [4.69, 9.17) is 4.74 Å². The number of carbonyl (C=O) groups is 1. The van der Waals surface area contributed by atoms with Gasteiger partial charge in [-0.1, -0.05) is 36.4 Å². The molecule has 0 spiro atoms. The van der Waals surface area contributed by atoms with Gasteiger partial charge in [0.1, 0.15) is 5.60 Å². The molecule has 0 aliphatic carbocycles. The Bertz CT molecular complexity index is 859. The Kier molecular flexibility index (Phi) is 4.21. The molecule has 0 aliphatic heterocycles. The summed E-state index contributed by atoms with van der Waals surface area (Å²) in [6.45, 7) is 5.51. The predicted octanol–water partition coefficient (Wildman–Crippen LogP) is 5.25. The zero-order valence-corrected chi connectivity index (χ0v) is 14.0. The molecule has 0 fully saturated rings. The lowest BCUT2D eigenvalue weighted by Gasteiger charge is -2.19. The van der Waals surface area contributed by atoms with E-state index in [0.717, 1.165) is 21.9 Å². The molecule has 24 heavy (non-hydrogen) atoms. The zero-order valence-electron chi connectivity index (χ0n) is 14.0. The van der Waals surface area contributed by atoms with Crippen molar-refractivity contribution >= 4 is 22.6 Å². The molecule has 1 aromatic heterocycles. The topological polar surface area (TPSA) is 51.2 Å². The van der Waals surface area contributed by atoms with Crippen molar-refractivity contribution in [3.63, 3.8) is 0 Å². The summed E-state index contributed by atoms with van der Waals surface area (Å²) in [6, 6.07) is 15.8. The standard InChI is InChI=1S/C20H20N2O2/c1-20(2,3)24-19(23)22-16-10-8-14(9-11-16)18-13-21-12-15-6-4-5-7-17(15)18/h4-13H,1-3H3,(H,22,23). The van der Waals surface area contributed by atoms with E-state index in [1.165, 1.54) is 0 Å². The fourth-order valence-electron chi connectivity index (χ4n) is 2.50. The molecule has 122 valence electrons. The molecule has 0 saturated heterocycles. The fourth-order valence-corrected chi connectivity index (χ4v) is 2.50. The number of nitrogens with one attached hydrogen (secondary N) is 1. The molecule has 4 heteroatoms. The summed E-state index contributed by atoms with van der Waals surface area (Å²) in [6.07, 6.45) is 3.26. The molecule has 0 unspecified atom stereocenters. The molecule has 0 bridgehead atoms. The predicted molar refractivity (Wildman–Crippen MR) is 97.0 cm³/mol. The van der Waals surface area contributed by atoms with E-state index in [1.807, 2.05) is 75.6 Å². The maximum Gasteiger partial charge on any atom is 0.412 e. The Morgan fingerprint density at radius 2 is 1.71 bits per heavy atom. The Morgan fingerprint density at radius 3 is 2.42 bits per heavy atom. The summed E-state index contributed by atoms with van der Waals surface area (Å²) in [5, 5.41) is 4.99. The number of ether oxygens (including phenoxy) is 1. The van der Waals surface area contributed by atoms with Crippen LogP contribution in [0.2, 0.25) is 0 Å². The van der Waals surface area contributed by atoms with Crippen molar-refractivity contribution in [1.82, 2.24) is 4.98 Å². The monoisotopic (exact) mass is 320 g/mol. The van der Waals surface area contributed by atoms with Gasteiger partial charge in [0.15, 0.2) is 0 Å². The highest BCUT2D eigenvalue weighted by Crippen LogP contribution is 2.28. The number of anilines is 1. The highest BCUT2D eigenvalue weighted by atomic mass is 16.6. The third-order valence-corrected chi connectivity index (χ3v) is 3.51. The van der Waals surface area contributed by atoms with Gasteiger partial charge in [0, 0.05) is 29.0 Å². The van der Waals surface area contributed by atoms with Gasteiger partial charge in [-0.3, -0.25) is 10.3 Å². The number of nitrogens with zero attached hydrogens (tertiary/aromatic N) is 1. The lowest BCUT2D eigenvalue weighted by molar-refractivity contribution is 0.0636. The summed E-state index contributed by atoms with van der Waals surface area (Å²) < 4.78 is 5.25. The van der Waals surface area contributed by atoms with E-state index in [9.17, 15) is 4.79 Å². The van der Waals surface area contributed by atoms with Crippen LogP contribution in [0.3, 0.4) is 0 Å². The number of carbonyl (C=O) groups excluding carboxylic acids is 1. The van der Waals surface area contributed by atoms with Gasteiger partial charge in [0.25, 0.3) is 0 Å². The minimum Gasteiger partial charge on any atom is -0.444 e. The maximum absolute atomic E-state index is 11.8. The van der Waals surface area contributed by atoms with Crippen LogP contribution >= 0.6 is 0 Å². The van der Waals surface area contributed by atoms with Gasteiger partial charge in [0.05, 0.1) is 0 Å². The average Bonchev–Trinajstić information content (AvgIpc) is 2.53. The molecular weight excluding hydrogens is 300 g/mol. The maximum atomic E-state index is 11.8. The summed E-state index contributed by atoms with van der Waals surface area (Å²) in [5.74, 6) is 0. The summed E-state index contributed by atoms with van der Waals surface area (Å²) in [4.78, 5) is 16.1. The first-order valence-corrected chi connectivity index (χ1v) is 7.85. The quantitative estimate of drug-likeness (QED) is 0.701. The van der Waals surface area contributed by atoms with Crippen molar-refractivity contribution in [2.45, 2.75) is 26.4 Å². The van der Waals surface area contributed by atoms with Crippen LogP contribution in [-0.2, 0) is 4.74 Å². The van der Waals surface area contributed by atoms with Crippen molar-refractivity contribution < 1.29 is 9.53 Å². The molecule has 1 heterocycles. The Hall–Kier alpha value is -2.88. The van der Waals surface area contributed by atoms with Gasteiger partial charge < -0.3 is 4.74 Å². The first-order chi connectivity index (χ1) is 11.4. The molecule has 3 rings (SSSR count). The van der Waals surface area contributed by atoms with Crippen LogP contribution in [0.4, 0.5) is 10.5 Å². The second-order valence-corrected chi connectivity index (χ2v) is 6.61. The molecule has 2 aromatic carbocycles. The highest BCUT2D eigenvalue weighted by Gasteiger charge is 2.16. The fraction of sp³-hybridized carbons (Fsp3) is 0.200. The van der Waals surface area contributed by atoms with Crippen LogP contribution in [-0.4, -0.2) is 16.7 Å². The Morgan fingerprint density at radius 1 is 1.00 bits per heavy atom. The van der Waals surface area contributed by atoms with Crippen LogP contribution in [0.5, 0.6) is 0 Å². The smallest absolute Gasteiger partial charge is 0.412 e. The van der Waals surface area contributed by atoms with E-state index in [2.05, 4.69) is 16.4 Å². The van der Waals surface area contributed by atoms with Crippen molar-refractivity contribution in [1.29, 1.82) is 0 Å². The van der Waals surface area contributed by atoms with Gasteiger partial charge >= 0.3 is 6.09 Å². The van der Waals surface area contributed by atoms with Crippen LogP contribution in [0.1, 0.15) is 20.8 Å².